The van der Waals surface area contributed by atoms with Crippen molar-refractivity contribution >= 4 is 57.6 Å². The first-order valence-corrected chi connectivity index (χ1v) is 8.92. The summed E-state index contributed by atoms with van der Waals surface area (Å²) in [5.41, 5.74) is 2.78. The molecule has 1 aliphatic rings. The van der Waals surface area contributed by atoms with Gasteiger partial charge in [0, 0.05) is 5.02 Å². The summed E-state index contributed by atoms with van der Waals surface area (Å²) in [5.74, 6) is -0.118. The van der Waals surface area contributed by atoms with Gasteiger partial charge in [-0.1, -0.05) is 78.1 Å². The van der Waals surface area contributed by atoms with E-state index in [1.165, 1.54) is 16.7 Å². The van der Waals surface area contributed by atoms with Crippen molar-refractivity contribution in [3.8, 4) is 0 Å². The Kier molecular flexibility index (Phi) is 5.19. The number of nitrogens with zero attached hydrogens (tertiary/aromatic N) is 1. The lowest BCUT2D eigenvalue weighted by Crippen LogP contribution is -2.27. The number of amides is 1. The van der Waals surface area contributed by atoms with Crippen LogP contribution < -0.4 is 4.90 Å². The third-order valence-corrected chi connectivity index (χ3v) is 4.95. The van der Waals surface area contributed by atoms with Crippen LogP contribution in [0, 0.1) is 0 Å². The Bertz CT molecular complexity index is 859. The predicted molar refractivity (Wildman–Crippen MR) is 107 cm³/mol. The van der Waals surface area contributed by atoms with Gasteiger partial charge in [-0.25, -0.2) is 0 Å². The number of carbonyl (C=O) groups excluding carboxylic acids is 1. The number of benzene rings is 2. The fraction of sp³-hybridized carbons (Fsp3) is 0.0526. The van der Waals surface area contributed by atoms with Crippen molar-refractivity contribution in [3.63, 3.8) is 0 Å². The Hall–Kier alpha value is -1.88. The lowest BCUT2D eigenvalue weighted by atomic mass is 10.1. The van der Waals surface area contributed by atoms with E-state index in [1.807, 2.05) is 55.5 Å². The summed E-state index contributed by atoms with van der Waals surface area (Å²) in [7, 11) is 0. The second-order valence-electron chi connectivity index (χ2n) is 5.30. The molecule has 3 rings (SSSR count). The zero-order chi connectivity index (χ0) is 17.1. The van der Waals surface area contributed by atoms with Crippen molar-refractivity contribution in [1.29, 1.82) is 0 Å². The molecule has 2 aromatic rings. The lowest BCUT2D eigenvalue weighted by molar-refractivity contribution is -0.113. The van der Waals surface area contributed by atoms with Crippen LogP contribution in [0.5, 0.6) is 0 Å². The molecular formula is C19H14ClNOS2. The number of thiocarbonyl (C=S) groups is 1. The van der Waals surface area contributed by atoms with Gasteiger partial charge in [0.15, 0.2) is 4.32 Å². The first-order valence-electron chi connectivity index (χ1n) is 7.31. The Morgan fingerprint density at radius 3 is 2.62 bits per heavy atom. The van der Waals surface area contributed by atoms with Gasteiger partial charge in [-0.3, -0.25) is 9.69 Å². The third-order valence-electron chi connectivity index (χ3n) is 3.41. The normalized spacial score (nSPS) is 17.0. The van der Waals surface area contributed by atoms with E-state index in [0.29, 0.717) is 19.9 Å². The zero-order valence-corrected chi connectivity index (χ0v) is 15.3. The first-order chi connectivity index (χ1) is 11.5. The number of hydrogen-bond donors (Lipinski definition) is 0. The molecule has 0 unspecified atom stereocenters. The molecule has 1 amide bonds. The molecule has 24 heavy (non-hydrogen) atoms. The molecule has 1 fully saturated rings. The van der Waals surface area contributed by atoms with Crippen LogP contribution in [0.25, 0.3) is 6.08 Å². The maximum atomic E-state index is 12.7. The average Bonchev–Trinajstić information content (AvgIpc) is 2.82. The minimum absolute atomic E-state index is 0.118. The van der Waals surface area contributed by atoms with Crippen molar-refractivity contribution in [3.05, 3.63) is 81.7 Å². The quantitative estimate of drug-likeness (QED) is 0.510. The Morgan fingerprint density at radius 2 is 1.92 bits per heavy atom. The van der Waals surface area contributed by atoms with Gasteiger partial charge in [0.2, 0.25) is 0 Å². The van der Waals surface area contributed by atoms with Crippen molar-refractivity contribution in [2.75, 3.05) is 4.90 Å². The van der Waals surface area contributed by atoms with Crippen LogP contribution in [0.4, 0.5) is 5.69 Å². The van der Waals surface area contributed by atoms with E-state index in [0.717, 1.165) is 11.1 Å². The molecule has 0 aliphatic carbocycles. The zero-order valence-electron chi connectivity index (χ0n) is 12.9. The van der Waals surface area contributed by atoms with Crippen LogP contribution in [-0.4, -0.2) is 10.2 Å². The Morgan fingerprint density at radius 1 is 1.17 bits per heavy atom. The number of hydrogen-bond acceptors (Lipinski definition) is 3. The second kappa shape index (κ2) is 7.34. The van der Waals surface area contributed by atoms with E-state index in [-0.39, 0.29) is 5.91 Å². The van der Waals surface area contributed by atoms with Gasteiger partial charge in [-0.05, 0) is 42.3 Å². The van der Waals surface area contributed by atoms with Gasteiger partial charge in [0.1, 0.15) is 0 Å². The fourth-order valence-electron chi connectivity index (χ4n) is 2.37. The molecule has 5 heteroatoms. The molecule has 0 bridgehead atoms. The van der Waals surface area contributed by atoms with E-state index < -0.39 is 0 Å². The van der Waals surface area contributed by atoms with Gasteiger partial charge in [0.25, 0.3) is 5.91 Å². The lowest BCUT2D eigenvalue weighted by Gasteiger charge is -2.14. The number of thioether (sulfide) groups is 1. The molecule has 0 radical (unpaired) electrons. The standard InChI is InChI=1S/C19H14ClNOS2/c1-13(10-14-6-3-2-4-7-14)11-17-18(22)21(19(23)24-17)16-9-5-8-15(20)12-16/h2-12H,1H3. The minimum Gasteiger partial charge on any atom is -0.268 e. The van der Waals surface area contributed by atoms with Gasteiger partial charge < -0.3 is 0 Å². The first kappa shape index (κ1) is 17.0. The van der Waals surface area contributed by atoms with Crippen molar-refractivity contribution < 1.29 is 4.79 Å². The highest BCUT2D eigenvalue weighted by Crippen LogP contribution is 2.36. The highest BCUT2D eigenvalue weighted by molar-refractivity contribution is 8.27. The summed E-state index contributed by atoms with van der Waals surface area (Å²) >= 11 is 12.7. The van der Waals surface area contributed by atoms with Crippen LogP contribution in [0.2, 0.25) is 5.02 Å². The molecule has 0 atom stereocenters. The molecule has 0 N–H and O–H groups in total. The van der Waals surface area contributed by atoms with Crippen molar-refractivity contribution in [1.82, 2.24) is 0 Å². The van der Waals surface area contributed by atoms with Crippen molar-refractivity contribution in [2.24, 2.45) is 0 Å². The SMILES string of the molecule is CC(=Cc1ccccc1)C=C1SC(=S)N(c2cccc(Cl)c2)C1=O. The van der Waals surface area contributed by atoms with E-state index in [2.05, 4.69) is 0 Å². The highest BCUT2D eigenvalue weighted by atomic mass is 35.5. The topological polar surface area (TPSA) is 20.3 Å². The van der Waals surface area contributed by atoms with Gasteiger partial charge >= 0.3 is 0 Å². The van der Waals surface area contributed by atoms with E-state index >= 15 is 0 Å². The van der Waals surface area contributed by atoms with Gasteiger partial charge in [-0.2, -0.15) is 0 Å². The maximum Gasteiger partial charge on any atom is 0.270 e. The Balaban J connectivity index is 1.87. The molecule has 2 aromatic carbocycles. The summed E-state index contributed by atoms with van der Waals surface area (Å²) in [6.07, 6.45) is 3.91. The molecule has 120 valence electrons. The molecular weight excluding hydrogens is 358 g/mol. The largest absolute Gasteiger partial charge is 0.270 e. The number of anilines is 1. The summed E-state index contributed by atoms with van der Waals surface area (Å²) in [4.78, 5) is 14.8. The monoisotopic (exact) mass is 371 g/mol. The van der Waals surface area contributed by atoms with Gasteiger partial charge in [0.05, 0.1) is 10.6 Å². The molecule has 1 saturated heterocycles. The molecule has 0 aromatic heterocycles. The molecule has 1 aliphatic heterocycles. The van der Waals surface area contributed by atoms with Crippen LogP contribution >= 0.6 is 35.6 Å². The number of rotatable bonds is 3. The summed E-state index contributed by atoms with van der Waals surface area (Å²) < 4.78 is 0.515. The maximum absolute atomic E-state index is 12.7. The molecule has 0 spiro atoms. The van der Waals surface area contributed by atoms with Crippen molar-refractivity contribution in [2.45, 2.75) is 6.92 Å². The van der Waals surface area contributed by atoms with E-state index in [4.69, 9.17) is 23.8 Å². The smallest absolute Gasteiger partial charge is 0.268 e. The summed E-state index contributed by atoms with van der Waals surface area (Å²) in [5, 5.41) is 0.575. The summed E-state index contributed by atoms with van der Waals surface area (Å²) in [6.45, 7) is 1.97. The predicted octanol–water partition coefficient (Wildman–Crippen LogP) is 5.69. The number of allylic oxidation sites excluding steroid dienone is 2. The second-order valence-corrected chi connectivity index (χ2v) is 7.41. The molecule has 1 heterocycles. The minimum atomic E-state index is -0.118. The van der Waals surface area contributed by atoms with Crippen LogP contribution in [0.15, 0.2) is 71.2 Å². The fourth-order valence-corrected chi connectivity index (χ4v) is 3.90. The molecule has 2 nitrogen and oxygen atoms in total. The third kappa shape index (κ3) is 3.78. The average molecular weight is 372 g/mol. The number of halogens is 1. The van der Waals surface area contributed by atoms with E-state index in [9.17, 15) is 4.79 Å². The Labute approximate surface area is 155 Å². The molecule has 0 saturated carbocycles. The van der Waals surface area contributed by atoms with Crippen LogP contribution in [0.1, 0.15) is 12.5 Å². The van der Waals surface area contributed by atoms with E-state index in [1.54, 1.807) is 18.2 Å². The summed E-state index contributed by atoms with van der Waals surface area (Å²) in [6, 6.07) is 17.1. The van der Waals surface area contributed by atoms with Crippen LogP contribution in [0.3, 0.4) is 0 Å². The van der Waals surface area contributed by atoms with Crippen LogP contribution in [-0.2, 0) is 4.79 Å². The van der Waals surface area contributed by atoms with Gasteiger partial charge in [-0.15, -0.1) is 0 Å². The number of carbonyl (C=O) groups is 1. The highest BCUT2D eigenvalue weighted by Gasteiger charge is 2.33.